The lowest BCUT2D eigenvalue weighted by Crippen LogP contribution is -2.33. The highest BCUT2D eigenvalue weighted by atomic mass is 32.2. The van der Waals surface area contributed by atoms with Crippen molar-refractivity contribution in [3.63, 3.8) is 0 Å². The summed E-state index contributed by atoms with van der Waals surface area (Å²) in [7, 11) is -3.57. The van der Waals surface area contributed by atoms with Gasteiger partial charge < -0.3 is 0 Å². The van der Waals surface area contributed by atoms with Crippen LogP contribution in [0.4, 0.5) is 0 Å². The third kappa shape index (κ3) is 5.80. The van der Waals surface area contributed by atoms with Crippen molar-refractivity contribution in [2.75, 3.05) is 11.5 Å². The summed E-state index contributed by atoms with van der Waals surface area (Å²) in [6.07, 6.45) is 1.15. The Labute approximate surface area is 131 Å². The molecule has 1 unspecified atom stereocenters. The summed E-state index contributed by atoms with van der Waals surface area (Å²) in [5.41, 5.74) is 0.439. The van der Waals surface area contributed by atoms with Gasteiger partial charge in [0.2, 0.25) is 10.0 Å². The predicted molar refractivity (Wildman–Crippen MR) is 88.5 cm³/mol. The highest BCUT2D eigenvalue weighted by Crippen LogP contribution is 2.14. The van der Waals surface area contributed by atoms with Gasteiger partial charge in [-0.15, -0.1) is 0 Å². The topological polar surface area (TPSA) is 63.2 Å². The number of thioether (sulfide) groups is 1. The minimum absolute atomic E-state index is 0.0561. The maximum Gasteiger partial charge on any atom is 0.240 e. The van der Waals surface area contributed by atoms with Crippen LogP contribution in [0.15, 0.2) is 29.2 Å². The van der Waals surface area contributed by atoms with Gasteiger partial charge in [0.25, 0.3) is 0 Å². The zero-order valence-corrected chi connectivity index (χ0v) is 14.4. The number of benzene rings is 1. The number of Topliss-reactive ketones (excluding diaryl/α,β-unsaturated/α-hetero) is 1. The molecule has 0 bridgehead atoms. The molecule has 0 saturated heterocycles. The second-order valence-electron chi connectivity index (χ2n) is 4.81. The summed E-state index contributed by atoms with van der Waals surface area (Å²) in [6, 6.07) is 6.09. The van der Waals surface area contributed by atoms with Gasteiger partial charge >= 0.3 is 0 Å². The van der Waals surface area contributed by atoms with Crippen molar-refractivity contribution in [1.29, 1.82) is 0 Å². The molecule has 0 heterocycles. The maximum absolute atomic E-state index is 12.3. The number of sulfonamides is 1. The van der Waals surface area contributed by atoms with E-state index in [9.17, 15) is 13.2 Å². The maximum atomic E-state index is 12.3. The lowest BCUT2D eigenvalue weighted by atomic mass is 10.1. The Hall–Kier alpha value is -0.850. The molecule has 1 N–H and O–H groups in total. The van der Waals surface area contributed by atoms with E-state index in [1.165, 1.54) is 12.1 Å². The van der Waals surface area contributed by atoms with Gasteiger partial charge in [-0.2, -0.15) is 11.8 Å². The van der Waals surface area contributed by atoms with Gasteiger partial charge in [-0.05, 0) is 37.0 Å². The highest BCUT2D eigenvalue weighted by Gasteiger charge is 2.18. The molecule has 1 rings (SSSR count). The van der Waals surface area contributed by atoms with Crippen LogP contribution >= 0.6 is 11.8 Å². The number of carbonyl (C=O) groups is 1. The molecule has 0 aromatic heterocycles. The normalized spacial score (nSPS) is 13.1. The summed E-state index contributed by atoms with van der Waals surface area (Å²) in [5, 5.41) is 0. The van der Waals surface area contributed by atoms with E-state index < -0.39 is 10.0 Å². The van der Waals surface area contributed by atoms with E-state index in [1.807, 2.05) is 6.92 Å². The molecule has 21 heavy (non-hydrogen) atoms. The van der Waals surface area contributed by atoms with Crippen molar-refractivity contribution in [3.05, 3.63) is 29.8 Å². The Morgan fingerprint density at radius 1 is 1.33 bits per heavy atom. The first-order chi connectivity index (χ1) is 9.90. The molecule has 0 spiro atoms. The molecule has 0 aliphatic heterocycles. The fourth-order valence-corrected chi connectivity index (χ4v) is 3.97. The molecular formula is C15H23NO3S2. The summed E-state index contributed by atoms with van der Waals surface area (Å²) in [5.74, 6) is 1.90. The lowest BCUT2D eigenvalue weighted by Gasteiger charge is -2.14. The van der Waals surface area contributed by atoms with E-state index in [1.54, 1.807) is 30.8 Å². The van der Waals surface area contributed by atoms with Gasteiger partial charge in [-0.25, -0.2) is 13.1 Å². The van der Waals surface area contributed by atoms with Crippen LogP contribution in [0.1, 0.15) is 44.0 Å². The number of rotatable bonds is 9. The molecule has 118 valence electrons. The molecule has 0 aliphatic carbocycles. The summed E-state index contributed by atoms with van der Waals surface area (Å²) in [4.78, 5) is 11.8. The number of hydrogen-bond acceptors (Lipinski definition) is 4. The third-order valence-corrected chi connectivity index (χ3v) is 5.56. The average molecular weight is 329 g/mol. The first-order valence-corrected chi connectivity index (χ1v) is 9.77. The first-order valence-electron chi connectivity index (χ1n) is 7.14. The molecule has 0 amide bonds. The van der Waals surface area contributed by atoms with Crippen molar-refractivity contribution in [2.24, 2.45) is 0 Å². The van der Waals surface area contributed by atoms with Crippen LogP contribution in [0.2, 0.25) is 0 Å². The van der Waals surface area contributed by atoms with Gasteiger partial charge in [0.1, 0.15) is 0 Å². The van der Waals surface area contributed by atoms with Crippen molar-refractivity contribution in [1.82, 2.24) is 4.72 Å². The van der Waals surface area contributed by atoms with Crippen LogP contribution in [-0.2, 0) is 10.0 Å². The number of nitrogens with one attached hydrogen (secondary N) is 1. The second-order valence-corrected chi connectivity index (χ2v) is 7.92. The molecular weight excluding hydrogens is 306 g/mol. The monoisotopic (exact) mass is 329 g/mol. The zero-order valence-electron chi connectivity index (χ0n) is 12.8. The van der Waals surface area contributed by atoms with Crippen LogP contribution in [0.5, 0.6) is 0 Å². The largest absolute Gasteiger partial charge is 0.294 e. The van der Waals surface area contributed by atoms with E-state index in [4.69, 9.17) is 0 Å². The SMILES string of the molecule is CCSCCC(C)NS(=O)(=O)c1cccc(C(=O)CC)c1. The zero-order chi connectivity index (χ0) is 15.9. The van der Waals surface area contributed by atoms with Gasteiger partial charge in [0, 0.05) is 18.0 Å². The van der Waals surface area contributed by atoms with Crippen molar-refractivity contribution in [2.45, 2.75) is 44.6 Å². The predicted octanol–water partition coefficient (Wildman–Crippen LogP) is 3.09. The van der Waals surface area contributed by atoms with Crippen molar-refractivity contribution >= 4 is 27.6 Å². The minimum Gasteiger partial charge on any atom is -0.294 e. The summed E-state index contributed by atoms with van der Waals surface area (Å²) in [6.45, 7) is 5.69. The molecule has 1 aromatic rings. The summed E-state index contributed by atoms with van der Waals surface area (Å²) >= 11 is 1.79. The lowest BCUT2D eigenvalue weighted by molar-refractivity contribution is 0.0988. The van der Waals surface area contributed by atoms with Crippen LogP contribution in [0, 0.1) is 0 Å². The smallest absolute Gasteiger partial charge is 0.240 e. The number of carbonyl (C=O) groups excluding carboxylic acids is 1. The third-order valence-electron chi connectivity index (χ3n) is 3.04. The molecule has 4 nitrogen and oxygen atoms in total. The Morgan fingerprint density at radius 3 is 2.67 bits per heavy atom. The number of ketones is 1. The second kappa shape index (κ2) is 8.56. The number of hydrogen-bond donors (Lipinski definition) is 1. The Morgan fingerprint density at radius 2 is 2.05 bits per heavy atom. The van der Waals surface area contributed by atoms with E-state index in [0.29, 0.717) is 12.0 Å². The van der Waals surface area contributed by atoms with Crippen LogP contribution in [-0.4, -0.2) is 31.7 Å². The molecule has 6 heteroatoms. The average Bonchev–Trinajstić information content (AvgIpc) is 2.46. The fourth-order valence-electron chi connectivity index (χ4n) is 1.84. The quantitative estimate of drug-likeness (QED) is 0.558. The van der Waals surface area contributed by atoms with Gasteiger partial charge in [0.15, 0.2) is 5.78 Å². The first kappa shape index (κ1) is 18.2. The Bertz CT molecular complexity index is 570. The van der Waals surface area contributed by atoms with Crippen molar-refractivity contribution in [3.8, 4) is 0 Å². The van der Waals surface area contributed by atoms with E-state index >= 15 is 0 Å². The summed E-state index contributed by atoms with van der Waals surface area (Å²) < 4.78 is 27.3. The van der Waals surface area contributed by atoms with Crippen LogP contribution in [0.25, 0.3) is 0 Å². The fraction of sp³-hybridized carbons (Fsp3) is 0.533. The molecule has 0 fully saturated rings. The Kier molecular flexibility index (Phi) is 7.42. The van der Waals surface area contributed by atoms with Crippen LogP contribution < -0.4 is 4.72 Å². The molecule has 0 saturated carbocycles. The minimum atomic E-state index is -3.57. The van der Waals surface area contributed by atoms with Crippen molar-refractivity contribution < 1.29 is 13.2 Å². The van der Waals surface area contributed by atoms with E-state index in [2.05, 4.69) is 11.6 Å². The van der Waals surface area contributed by atoms with Gasteiger partial charge in [-0.1, -0.05) is 26.0 Å². The molecule has 1 atom stereocenters. The molecule has 0 radical (unpaired) electrons. The van der Waals surface area contributed by atoms with Gasteiger partial charge in [-0.3, -0.25) is 4.79 Å². The Balaban J connectivity index is 2.80. The standard InChI is InChI=1S/C15H23NO3S2/c1-4-15(17)13-7-6-8-14(11-13)21(18,19)16-12(3)9-10-20-5-2/h6-8,11-12,16H,4-5,9-10H2,1-3H3. The molecule has 0 aliphatic rings. The van der Waals surface area contributed by atoms with Gasteiger partial charge in [0.05, 0.1) is 4.90 Å². The van der Waals surface area contributed by atoms with E-state index in [0.717, 1.165) is 17.9 Å². The van der Waals surface area contributed by atoms with E-state index in [-0.39, 0.29) is 16.7 Å². The highest BCUT2D eigenvalue weighted by molar-refractivity contribution is 7.99. The van der Waals surface area contributed by atoms with Crippen LogP contribution in [0.3, 0.4) is 0 Å². The molecule has 1 aromatic carbocycles.